The molecule has 1 N–H and O–H groups in total. The van der Waals surface area contributed by atoms with Gasteiger partial charge in [0.2, 0.25) is 5.91 Å². The number of azide groups is 1. The maximum absolute atomic E-state index is 10.5. The van der Waals surface area contributed by atoms with Gasteiger partial charge in [-0.05, 0) is 5.53 Å². The first kappa shape index (κ1) is 6.57. The van der Waals surface area contributed by atoms with E-state index in [-0.39, 0.29) is 0 Å². The van der Waals surface area contributed by atoms with Crippen molar-refractivity contribution in [3.05, 3.63) is 10.4 Å². The molecule has 0 aromatic heterocycles. The average molecular weight is 140 g/mol. The van der Waals surface area contributed by atoms with E-state index in [9.17, 15) is 9.59 Å². The highest BCUT2D eigenvalue weighted by molar-refractivity contribution is 5.95. The maximum Gasteiger partial charge on any atom is 0.232 e. The maximum atomic E-state index is 10.5. The quantitative estimate of drug-likeness (QED) is 0.181. The highest BCUT2D eigenvalue weighted by atomic mass is 16.2. The van der Waals surface area contributed by atoms with Gasteiger partial charge in [-0.3, -0.25) is 4.79 Å². The molecule has 10 heavy (non-hydrogen) atoms. The number of hydrogen-bond acceptors (Lipinski definition) is 3. The summed E-state index contributed by atoms with van der Waals surface area (Å²) < 4.78 is 0. The minimum Gasteiger partial charge on any atom is -0.345 e. The lowest BCUT2D eigenvalue weighted by Crippen LogP contribution is -2.62. The Bertz CT molecular complexity index is 217. The van der Waals surface area contributed by atoms with Crippen LogP contribution in [0, 0.1) is 0 Å². The lowest BCUT2D eigenvalue weighted by Gasteiger charge is -2.28. The van der Waals surface area contributed by atoms with Gasteiger partial charge in [0.25, 0.3) is 0 Å². The summed E-state index contributed by atoms with van der Waals surface area (Å²) in [4.78, 5) is 22.9. The van der Waals surface area contributed by atoms with Crippen LogP contribution in [0.3, 0.4) is 0 Å². The Kier molecular flexibility index (Phi) is 1.55. The molecule has 1 fully saturated rings. The molecule has 1 heterocycles. The van der Waals surface area contributed by atoms with E-state index in [1.54, 1.807) is 0 Å². The van der Waals surface area contributed by atoms with Gasteiger partial charge in [0.1, 0.15) is 18.4 Å². The van der Waals surface area contributed by atoms with Crippen molar-refractivity contribution in [3.8, 4) is 0 Å². The number of amides is 1. The third-order valence-electron chi connectivity index (χ3n) is 1.24. The summed E-state index contributed by atoms with van der Waals surface area (Å²) in [5.41, 5.74) is 7.90. The van der Waals surface area contributed by atoms with E-state index >= 15 is 0 Å². The normalized spacial score (nSPS) is 29.4. The van der Waals surface area contributed by atoms with Crippen LogP contribution in [0.25, 0.3) is 10.4 Å². The first-order chi connectivity index (χ1) is 4.79. The summed E-state index contributed by atoms with van der Waals surface area (Å²) in [5, 5.41) is 5.36. The van der Waals surface area contributed by atoms with Crippen molar-refractivity contribution in [3.63, 3.8) is 0 Å². The molecule has 0 radical (unpaired) electrons. The smallest absolute Gasteiger partial charge is 0.232 e. The van der Waals surface area contributed by atoms with Gasteiger partial charge in [0, 0.05) is 4.91 Å². The molecule has 2 unspecified atom stereocenters. The van der Waals surface area contributed by atoms with E-state index in [0.717, 1.165) is 0 Å². The summed E-state index contributed by atoms with van der Waals surface area (Å²) in [6, 6.07) is -1.45. The van der Waals surface area contributed by atoms with Crippen molar-refractivity contribution < 1.29 is 9.59 Å². The molecule has 0 aromatic carbocycles. The number of nitrogens with one attached hydrogen (secondary N) is 1. The number of nitrogens with zero attached hydrogens (tertiary/aromatic N) is 3. The molecule has 1 aliphatic rings. The Morgan fingerprint density at radius 2 is 2.50 bits per heavy atom. The molecule has 6 heteroatoms. The molecule has 1 aliphatic heterocycles. The van der Waals surface area contributed by atoms with Crippen molar-refractivity contribution in [2.75, 3.05) is 0 Å². The van der Waals surface area contributed by atoms with Gasteiger partial charge in [-0.2, -0.15) is 0 Å². The highest BCUT2D eigenvalue weighted by Gasteiger charge is 2.37. The third-order valence-corrected chi connectivity index (χ3v) is 1.24. The zero-order chi connectivity index (χ0) is 7.56. The summed E-state index contributed by atoms with van der Waals surface area (Å²) in [7, 11) is 0. The van der Waals surface area contributed by atoms with Crippen LogP contribution in [0.1, 0.15) is 0 Å². The monoisotopic (exact) mass is 140 g/mol. The third kappa shape index (κ3) is 0.803. The van der Waals surface area contributed by atoms with Gasteiger partial charge < -0.3 is 10.1 Å². The van der Waals surface area contributed by atoms with Gasteiger partial charge in [0.05, 0.1) is 0 Å². The minimum absolute atomic E-state index is 0.394. The minimum atomic E-state index is -0.831. The zero-order valence-corrected chi connectivity index (χ0v) is 4.89. The molecule has 0 aromatic rings. The molecule has 6 nitrogen and oxygen atoms in total. The SMILES string of the molecule is [N-]=[N+]=NC1C(=O)NC1C=O. The Morgan fingerprint density at radius 1 is 1.80 bits per heavy atom. The van der Waals surface area contributed by atoms with Crippen LogP contribution < -0.4 is 5.32 Å². The molecular formula is C4H4N4O2. The van der Waals surface area contributed by atoms with E-state index < -0.39 is 18.0 Å². The van der Waals surface area contributed by atoms with E-state index in [0.29, 0.717) is 6.29 Å². The Balaban J connectivity index is 2.64. The fraction of sp³-hybridized carbons (Fsp3) is 0.500. The molecule has 0 saturated carbocycles. The summed E-state index contributed by atoms with van der Waals surface area (Å²) >= 11 is 0. The van der Waals surface area contributed by atoms with Gasteiger partial charge in [-0.15, -0.1) is 0 Å². The number of carbonyl (C=O) groups excluding carboxylic acids is 2. The number of hydrogen-bond donors (Lipinski definition) is 1. The molecule has 0 spiro atoms. The molecule has 52 valence electrons. The second kappa shape index (κ2) is 2.36. The largest absolute Gasteiger partial charge is 0.345 e. The van der Waals surface area contributed by atoms with E-state index in [1.165, 1.54) is 0 Å². The summed E-state index contributed by atoms with van der Waals surface area (Å²) in [6.45, 7) is 0. The van der Waals surface area contributed by atoms with Crippen molar-refractivity contribution in [2.24, 2.45) is 5.11 Å². The lowest BCUT2D eigenvalue weighted by molar-refractivity contribution is -0.134. The predicted octanol–water partition coefficient (Wildman–Crippen LogP) is -0.637. The van der Waals surface area contributed by atoms with Crippen molar-refractivity contribution in [1.29, 1.82) is 0 Å². The van der Waals surface area contributed by atoms with E-state index in [1.807, 2.05) is 0 Å². The zero-order valence-electron chi connectivity index (χ0n) is 4.89. The molecular weight excluding hydrogens is 136 g/mol. The number of aldehydes is 1. The van der Waals surface area contributed by atoms with Crippen LogP contribution in [0.15, 0.2) is 5.11 Å². The van der Waals surface area contributed by atoms with Crippen LogP contribution in [0.2, 0.25) is 0 Å². The molecule has 1 amide bonds. The number of β-lactam (4-membered cyclic amide) rings is 1. The fourth-order valence-electron chi connectivity index (χ4n) is 0.684. The van der Waals surface area contributed by atoms with Crippen molar-refractivity contribution in [1.82, 2.24) is 5.32 Å². The summed E-state index contributed by atoms with van der Waals surface area (Å²) in [6.07, 6.45) is 0.542. The topological polar surface area (TPSA) is 94.9 Å². The van der Waals surface area contributed by atoms with Crippen LogP contribution in [-0.2, 0) is 9.59 Å². The molecule has 2 atom stereocenters. The Labute approximate surface area is 55.8 Å². The van der Waals surface area contributed by atoms with Crippen LogP contribution in [0.5, 0.6) is 0 Å². The van der Waals surface area contributed by atoms with E-state index in [2.05, 4.69) is 15.3 Å². The number of carbonyl (C=O) groups is 2. The van der Waals surface area contributed by atoms with Crippen LogP contribution in [-0.4, -0.2) is 24.3 Å². The van der Waals surface area contributed by atoms with Crippen molar-refractivity contribution in [2.45, 2.75) is 12.1 Å². The second-order valence-corrected chi connectivity index (χ2v) is 1.82. The molecule has 0 bridgehead atoms. The van der Waals surface area contributed by atoms with Gasteiger partial charge in [0.15, 0.2) is 0 Å². The molecule has 1 rings (SSSR count). The highest BCUT2D eigenvalue weighted by Crippen LogP contribution is 2.07. The van der Waals surface area contributed by atoms with Crippen LogP contribution in [0.4, 0.5) is 0 Å². The van der Waals surface area contributed by atoms with Gasteiger partial charge in [-0.1, -0.05) is 5.11 Å². The first-order valence-electron chi connectivity index (χ1n) is 2.59. The first-order valence-corrected chi connectivity index (χ1v) is 2.59. The van der Waals surface area contributed by atoms with Crippen LogP contribution >= 0.6 is 0 Å². The Morgan fingerprint density at radius 3 is 2.90 bits per heavy atom. The Hall–Kier alpha value is -1.55. The second-order valence-electron chi connectivity index (χ2n) is 1.82. The lowest BCUT2D eigenvalue weighted by atomic mass is 10.0. The molecule has 0 aliphatic carbocycles. The fourth-order valence-corrected chi connectivity index (χ4v) is 0.684. The summed E-state index contributed by atoms with van der Waals surface area (Å²) in [5.74, 6) is -0.394. The van der Waals surface area contributed by atoms with E-state index in [4.69, 9.17) is 5.53 Å². The van der Waals surface area contributed by atoms with Gasteiger partial charge in [-0.25, -0.2) is 0 Å². The van der Waals surface area contributed by atoms with Crippen molar-refractivity contribution >= 4 is 12.2 Å². The molecule has 1 saturated heterocycles. The number of rotatable bonds is 2. The predicted molar refractivity (Wildman–Crippen MR) is 30.9 cm³/mol. The van der Waals surface area contributed by atoms with Gasteiger partial charge >= 0.3 is 0 Å². The average Bonchev–Trinajstić information content (AvgIpc) is 1.95. The standard InChI is InChI=1S/C4H4N4O2/c5-8-7-3-2(1-9)6-4(3)10/h1-3H,(H,6,10).